The van der Waals surface area contributed by atoms with E-state index in [0.717, 1.165) is 29.5 Å². The first-order valence-corrected chi connectivity index (χ1v) is 13.8. The lowest BCUT2D eigenvalue weighted by molar-refractivity contribution is -0.166. The van der Waals surface area contributed by atoms with Crippen molar-refractivity contribution in [3.05, 3.63) is 28.1 Å². The number of nitrogens with zero attached hydrogens (tertiary/aromatic N) is 5. The van der Waals surface area contributed by atoms with Crippen LogP contribution in [0.25, 0.3) is 16.9 Å². The van der Waals surface area contributed by atoms with E-state index in [-0.39, 0.29) is 22.8 Å². The number of aryl methyl sites for hydroxylation is 2. The smallest absolute Gasteiger partial charge is 0.407 e. The Morgan fingerprint density at radius 1 is 1.00 bits per heavy atom. The zero-order valence-corrected chi connectivity index (χ0v) is 25.9. The second-order valence-corrected chi connectivity index (χ2v) is 10.2. The average molecular weight is 705 g/mol. The summed E-state index contributed by atoms with van der Waals surface area (Å²) in [5, 5.41) is 2.09. The first kappa shape index (κ1) is 22.9. The van der Waals surface area contributed by atoms with Crippen LogP contribution in [0.5, 0.6) is 0 Å². The van der Waals surface area contributed by atoms with E-state index in [1.807, 2.05) is 0 Å². The molecule has 0 saturated carbocycles. The van der Waals surface area contributed by atoms with Crippen molar-refractivity contribution in [1.82, 2.24) is 28.8 Å². The van der Waals surface area contributed by atoms with Crippen LogP contribution in [-0.2, 0) is 70.6 Å². The topological polar surface area (TPSA) is 236 Å². The summed E-state index contributed by atoms with van der Waals surface area (Å²) in [6, 6.07) is -1.92. The Morgan fingerprint density at radius 3 is 2.31 bits per heavy atom. The van der Waals surface area contributed by atoms with Crippen LogP contribution in [0.15, 0.2) is 11.1 Å². The molecule has 0 aromatic carbocycles. The molecule has 6 atom stereocenters. The van der Waals surface area contributed by atoms with E-state index in [2.05, 4.69) is 20.0 Å². The molecular formula is C29H36N6O14. The summed E-state index contributed by atoms with van der Waals surface area (Å²) in [6.07, 6.45) is -11.0. The molecule has 0 spiro atoms. The van der Waals surface area contributed by atoms with E-state index in [1.165, 1.54) is 18.5 Å². The van der Waals surface area contributed by atoms with Crippen LogP contribution in [0.3, 0.4) is 0 Å². The van der Waals surface area contributed by atoms with Crippen molar-refractivity contribution in [1.29, 1.82) is 0 Å². The van der Waals surface area contributed by atoms with Gasteiger partial charge in [0.15, 0.2) is 35.6 Å². The molecule has 49 heavy (non-hydrogen) atoms. The fraction of sp³-hybridized carbons (Fsp3) is 0.552. The SMILES string of the molecule is [2H]C([2H])([2H])C(=O)OC[C@H]1O[C@@H](n2cnc3c(=O)n4c(C[C@H](OC(=O)C([2H])([2H])[2H])[C@H](NC(=O)OC)C(=O)OC)c(C)nc4n(C)c32)[C@H](OC(=O)C([2H])([2H])[2H])[C@@H]1OC(=O)C([2H])([2H])[2H]. The molecule has 0 bridgehead atoms. The molecule has 1 fully saturated rings. The van der Waals surface area contributed by atoms with Gasteiger partial charge in [-0.1, -0.05) is 0 Å². The summed E-state index contributed by atoms with van der Waals surface area (Å²) in [5.41, 5.74) is -1.89. The lowest BCUT2D eigenvalue weighted by Gasteiger charge is -2.25. The Bertz CT molecular complexity index is 2280. The summed E-state index contributed by atoms with van der Waals surface area (Å²) in [7, 11) is 3.15. The third-order valence-electron chi connectivity index (χ3n) is 7.31. The highest BCUT2D eigenvalue weighted by Crippen LogP contribution is 2.36. The van der Waals surface area contributed by atoms with Crippen LogP contribution < -0.4 is 10.9 Å². The van der Waals surface area contributed by atoms with Gasteiger partial charge in [-0.15, -0.1) is 0 Å². The molecule has 1 aliphatic heterocycles. The minimum Gasteiger partial charge on any atom is -0.467 e. The van der Waals surface area contributed by atoms with Gasteiger partial charge >= 0.3 is 35.9 Å². The number of amides is 1. The zero-order valence-electron chi connectivity index (χ0n) is 37.9. The number of alkyl carbamates (subject to hydrolysis) is 1. The maximum Gasteiger partial charge on any atom is 0.407 e. The van der Waals surface area contributed by atoms with Gasteiger partial charge in [0.1, 0.15) is 18.8 Å². The minimum absolute atomic E-state index is 0.00195. The van der Waals surface area contributed by atoms with Crippen molar-refractivity contribution in [3.8, 4) is 0 Å². The molecule has 0 aliphatic carbocycles. The normalized spacial score (nSPS) is 24.6. The van der Waals surface area contributed by atoms with Crippen LogP contribution in [0.2, 0.25) is 0 Å². The van der Waals surface area contributed by atoms with Gasteiger partial charge in [0, 0.05) is 57.3 Å². The lowest BCUT2D eigenvalue weighted by atomic mass is 10.0. The van der Waals surface area contributed by atoms with Crippen LogP contribution in [-0.4, -0.2) is 111 Å². The first-order chi connectivity index (χ1) is 27.9. The molecule has 20 nitrogen and oxygen atoms in total. The van der Waals surface area contributed by atoms with Gasteiger partial charge in [-0.2, -0.15) is 0 Å². The van der Waals surface area contributed by atoms with Gasteiger partial charge in [-0.25, -0.2) is 24.0 Å². The highest BCUT2D eigenvalue weighted by molar-refractivity contribution is 5.82. The Balaban J connectivity index is 1.93. The number of aromatic nitrogens is 5. The van der Waals surface area contributed by atoms with Gasteiger partial charge in [-0.05, 0) is 6.92 Å². The third-order valence-corrected chi connectivity index (χ3v) is 7.31. The molecule has 4 heterocycles. The van der Waals surface area contributed by atoms with E-state index in [1.54, 1.807) is 0 Å². The summed E-state index contributed by atoms with van der Waals surface area (Å²) in [4.78, 5) is 98.1. The van der Waals surface area contributed by atoms with E-state index in [0.29, 0.717) is 0 Å². The number of hydrogen-bond acceptors (Lipinski definition) is 16. The second kappa shape index (κ2) is 14.7. The summed E-state index contributed by atoms with van der Waals surface area (Å²) >= 11 is 0. The maximum atomic E-state index is 14.3. The van der Waals surface area contributed by atoms with Gasteiger partial charge in [0.2, 0.25) is 5.78 Å². The van der Waals surface area contributed by atoms with E-state index < -0.39 is 124 Å². The number of rotatable bonds is 11. The number of fused-ring (bicyclic) bond motifs is 2. The molecule has 0 radical (unpaired) electrons. The molecule has 1 aliphatic rings. The van der Waals surface area contributed by atoms with Crippen molar-refractivity contribution < 1.29 is 78.4 Å². The standard InChI is InChI=1S/C29H36N6O14/c1-12-17(9-18(46-14(3)37)20(27(41)43-7)32-29(42)44-8)35-25(40)21-24(33(6)28(35)31-12)34(11-30-21)26-23(48-16(5)39)22(47-15(4)38)19(49-26)10-45-13(2)36/h11,18-20,22-23,26H,9-10H2,1-8H3,(H,32,42)/t18-,19+,20-,22+,23+,26+/m0/s1/i2D3,3D3,4D3,5D3. The fourth-order valence-electron chi connectivity index (χ4n) is 5.36. The van der Waals surface area contributed by atoms with Crippen molar-refractivity contribution in [2.24, 2.45) is 7.05 Å². The van der Waals surface area contributed by atoms with Gasteiger partial charge < -0.3 is 38.5 Å². The minimum atomic E-state index is -3.48. The maximum absolute atomic E-state index is 14.3. The van der Waals surface area contributed by atoms with Gasteiger partial charge in [-0.3, -0.25) is 33.1 Å². The number of imidazole rings is 2. The Kier molecular flexibility index (Phi) is 6.88. The number of ether oxygens (including phenoxy) is 7. The van der Waals surface area contributed by atoms with Crippen molar-refractivity contribution in [2.45, 2.75) is 77.4 Å². The van der Waals surface area contributed by atoms with Crippen LogP contribution in [0.1, 0.15) is 61.5 Å². The highest BCUT2D eigenvalue weighted by atomic mass is 16.7. The second-order valence-electron chi connectivity index (χ2n) is 10.2. The lowest BCUT2D eigenvalue weighted by Crippen LogP contribution is -2.51. The predicted molar refractivity (Wildman–Crippen MR) is 161 cm³/mol. The molecule has 20 heteroatoms. The number of methoxy groups -OCH3 is 2. The average Bonchev–Trinajstić information content (AvgIpc) is 3.83. The first-order valence-electron chi connectivity index (χ1n) is 19.8. The number of esters is 5. The van der Waals surface area contributed by atoms with Gasteiger partial charge in [0.05, 0.1) is 31.9 Å². The molecule has 266 valence electrons. The predicted octanol–water partition coefficient (Wildman–Crippen LogP) is -0.613. The highest BCUT2D eigenvalue weighted by Gasteiger charge is 2.51. The van der Waals surface area contributed by atoms with Crippen LogP contribution in [0.4, 0.5) is 4.79 Å². The molecule has 0 unspecified atom stereocenters. The Morgan fingerprint density at radius 2 is 1.67 bits per heavy atom. The van der Waals surface area contributed by atoms with Crippen molar-refractivity contribution in [2.75, 3.05) is 20.8 Å². The summed E-state index contributed by atoms with van der Waals surface area (Å²) in [6.45, 7) is -13.4. The Hall–Kier alpha value is -5.53. The zero-order chi connectivity index (χ0) is 46.3. The molecular weight excluding hydrogens is 656 g/mol. The summed E-state index contributed by atoms with van der Waals surface area (Å²) < 4.78 is 128. The molecule has 1 saturated heterocycles. The van der Waals surface area contributed by atoms with E-state index in [9.17, 15) is 33.6 Å². The van der Waals surface area contributed by atoms with E-state index >= 15 is 0 Å². The molecule has 4 rings (SSSR count). The monoisotopic (exact) mass is 704 g/mol. The molecule has 3 aromatic heterocycles. The fourth-order valence-corrected chi connectivity index (χ4v) is 5.36. The third kappa shape index (κ3) is 7.47. The number of hydrogen-bond donors (Lipinski definition) is 1. The number of carbonyl (C=O) groups excluding carboxylic acids is 6. The van der Waals surface area contributed by atoms with Crippen molar-refractivity contribution >= 4 is 52.9 Å². The van der Waals surface area contributed by atoms with Crippen LogP contribution in [0, 0.1) is 6.92 Å². The van der Waals surface area contributed by atoms with Crippen molar-refractivity contribution in [3.63, 3.8) is 0 Å². The van der Waals surface area contributed by atoms with Crippen LogP contribution >= 0.6 is 0 Å². The van der Waals surface area contributed by atoms with Gasteiger partial charge in [0.25, 0.3) is 5.56 Å². The van der Waals surface area contributed by atoms with E-state index in [4.69, 9.17) is 44.9 Å². The largest absolute Gasteiger partial charge is 0.467 e. The quantitative estimate of drug-likeness (QED) is 0.193. The Labute approximate surface area is 294 Å². The number of nitrogens with one attached hydrogen (secondary N) is 1. The summed E-state index contributed by atoms with van der Waals surface area (Å²) in [5.74, 6) is -8.92. The molecule has 1 amide bonds. The number of carbonyl (C=O) groups is 6. The molecule has 3 aromatic rings. The molecule has 1 N–H and O–H groups in total.